The van der Waals surface area contributed by atoms with Crippen LogP contribution in [0.15, 0.2) is 35.7 Å². The van der Waals surface area contributed by atoms with Crippen molar-refractivity contribution < 1.29 is 9.53 Å². The number of carbonyl (C=O) groups excluding carboxylic acids is 1. The third-order valence-corrected chi connectivity index (χ3v) is 4.59. The normalized spacial score (nSPS) is 15.8. The minimum Gasteiger partial charge on any atom is -0.444 e. The van der Waals surface area contributed by atoms with E-state index < -0.39 is 5.60 Å². The van der Waals surface area contributed by atoms with Crippen LogP contribution in [-0.4, -0.2) is 29.7 Å². The monoisotopic (exact) mass is 315 g/mol. The first-order valence-corrected chi connectivity index (χ1v) is 8.45. The first-order valence-electron chi connectivity index (χ1n) is 7.57. The Morgan fingerprint density at radius 1 is 1.27 bits per heavy atom. The Labute approximate surface area is 135 Å². The zero-order chi connectivity index (χ0) is 15.7. The van der Waals surface area contributed by atoms with Gasteiger partial charge in [0.25, 0.3) is 0 Å². The average molecular weight is 315 g/mol. The number of benzene rings is 1. The highest BCUT2D eigenvalue weighted by Crippen LogP contribution is 2.33. The minimum atomic E-state index is -0.451. The van der Waals surface area contributed by atoms with E-state index in [9.17, 15) is 4.79 Å². The van der Waals surface area contributed by atoms with Crippen molar-refractivity contribution in [1.82, 2.24) is 4.90 Å². The summed E-state index contributed by atoms with van der Waals surface area (Å²) >= 11 is 1.75. The molecule has 22 heavy (non-hydrogen) atoms. The highest BCUT2D eigenvalue weighted by molar-refractivity contribution is 7.17. The van der Waals surface area contributed by atoms with Crippen LogP contribution in [0, 0.1) is 0 Å². The molecule has 0 spiro atoms. The maximum absolute atomic E-state index is 12.3. The van der Waals surface area contributed by atoms with Crippen molar-refractivity contribution in [3.05, 3.63) is 41.3 Å². The Morgan fingerprint density at radius 3 is 2.82 bits per heavy atom. The van der Waals surface area contributed by atoms with Crippen molar-refractivity contribution >= 4 is 33.1 Å². The Morgan fingerprint density at radius 2 is 2.05 bits per heavy atom. The van der Waals surface area contributed by atoms with Gasteiger partial charge in [0.15, 0.2) is 0 Å². The van der Waals surface area contributed by atoms with Gasteiger partial charge in [-0.25, -0.2) is 4.79 Å². The zero-order valence-corrected chi connectivity index (χ0v) is 14.1. The Hall–Kier alpha value is -1.81. The summed E-state index contributed by atoms with van der Waals surface area (Å²) in [6, 6.07) is 8.41. The van der Waals surface area contributed by atoms with Crippen LogP contribution in [0.1, 0.15) is 32.8 Å². The summed E-state index contributed by atoms with van der Waals surface area (Å²) in [4.78, 5) is 14.1. The molecule has 0 unspecified atom stereocenters. The number of carbonyl (C=O) groups is 1. The molecule has 0 fully saturated rings. The lowest BCUT2D eigenvalue weighted by Crippen LogP contribution is -2.39. The van der Waals surface area contributed by atoms with Crippen molar-refractivity contribution in [3.63, 3.8) is 0 Å². The van der Waals surface area contributed by atoms with Crippen LogP contribution < -0.4 is 0 Å². The van der Waals surface area contributed by atoms with Gasteiger partial charge in [0.1, 0.15) is 5.60 Å². The highest BCUT2D eigenvalue weighted by Gasteiger charge is 2.25. The molecule has 0 atom stereocenters. The van der Waals surface area contributed by atoms with E-state index in [2.05, 4.69) is 35.7 Å². The molecule has 0 N–H and O–H groups in total. The zero-order valence-electron chi connectivity index (χ0n) is 13.3. The maximum atomic E-state index is 12.3. The molecule has 0 bridgehead atoms. The maximum Gasteiger partial charge on any atom is 0.410 e. The fourth-order valence-electron chi connectivity index (χ4n) is 2.65. The summed E-state index contributed by atoms with van der Waals surface area (Å²) < 4.78 is 6.78. The fraction of sp³-hybridized carbons (Fsp3) is 0.389. The molecule has 4 heteroatoms. The lowest BCUT2D eigenvalue weighted by Gasteiger charge is -2.30. The molecule has 1 aromatic carbocycles. The third kappa shape index (κ3) is 3.17. The predicted molar refractivity (Wildman–Crippen MR) is 92.2 cm³/mol. The molecule has 0 saturated carbocycles. The molecule has 1 aliphatic rings. The number of fused-ring (bicyclic) bond motifs is 1. The van der Waals surface area contributed by atoms with Crippen LogP contribution in [0.4, 0.5) is 4.79 Å². The number of thiophene rings is 1. The van der Waals surface area contributed by atoms with Crippen LogP contribution in [0.2, 0.25) is 0 Å². The highest BCUT2D eigenvalue weighted by atomic mass is 32.1. The largest absolute Gasteiger partial charge is 0.444 e. The molecule has 3 rings (SSSR count). The van der Waals surface area contributed by atoms with E-state index in [0.717, 1.165) is 13.0 Å². The van der Waals surface area contributed by atoms with E-state index in [1.54, 1.807) is 16.2 Å². The molecule has 1 aromatic heterocycles. The third-order valence-electron chi connectivity index (χ3n) is 3.63. The number of ether oxygens (including phenoxy) is 1. The summed E-state index contributed by atoms with van der Waals surface area (Å²) in [6.07, 6.45) is 2.89. The number of hydrogen-bond acceptors (Lipinski definition) is 3. The van der Waals surface area contributed by atoms with Crippen LogP contribution in [0.3, 0.4) is 0 Å². The second kappa shape index (κ2) is 5.76. The van der Waals surface area contributed by atoms with Crippen molar-refractivity contribution in [2.75, 3.05) is 13.1 Å². The smallest absolute Gasteiger partial charge is 0.410 e. The van der Waals surface area contributed by atoms with E-state index >= 15 is 0 Å². The molecule has 3 nitrogen and oxygen atoms in total. The van der Waals surface area contributed by atoms with Gasteiger partial charge in [-0.05, 0) is 49.8 Å². The van der Waals surface area contributed by atoms with Crippen molar-refractivity contribution in [2.45, 2.75) is 32.8 Å². The van der Waals surface area contributed by atoms with Crippen LogP contribution in [0.25, 0.3) is 15.7 Å². The van der Waals surface area contributed by atoms with E-state index in [1.165, 1.54) is 21.2 Å². The Kier molecular flexibility index (Phi) is 3.96. The summed E-state index contributed by atoms with van der Waals surface area (Å²) in [6.45, 7) is 7.05. The van der Waals surface area contributed by atoms with Crippen LogP contribution >= 0.6 is 11.3 Å². The van der Waals surface area contributed by atoms with E-state index in [0.29, 0.717) is 6.54 Å². The second-order valence-electron chi connectivity index (χ2n) is 6.57. The molecule has 2 heterocycles. The number of amides is 1. The molecular formula is C18H21NO2S. The summed E-state index contributed by atoms with van der Waals surface area (Å²) in [7, 11) is 0. The molecule has 0 radical (unpaired) electrons. The lowest BCUT2D eigenvalue weighted by molar-refractivity contribution is 0.0273. The standard InChI is InChI=1S/C18H21NO2S/c1-18(2,3)21-17(20)19-10-6-7-13(11-19)15-12-22-16-9-5-4-8-14(15)16/h4-5,7-9,12H,6,10-11H2,1-3H3. The van der Waals surface area contributed by atoms with Gasteiger partial charge in [-0.1, -0.05) is 24.3 Å². The van der Waals surface area contributed by atoms with E-state index in [-0.39, 0.29) is 6.09 Å². The van der Waals surface area contributed by atoms with Gasteiger partial charge >= 0.3 is 6.09 Å². The minimum absolute atomic E-state index is 0.224. The molecule has 0 saturated heterocycles. The first kappa shape index (κ1) is 15.1. The average Bonchev–Trinajstić information content (AvgIpc) is 2.89. The molecule has 0 aliphatic carbocycles. The van der Waals surface area contributed by atoms with Crippen LogP contribution in [0.5, 0.6) is 0 Å². The molecule has 2 aromatic rings. The lowest BCUT2D eigenvalue weighted by atomic mass is 10.0. The first-order chi connectivity index (χ1) is 10.4. The van der Waals surface area contributed by atoms with Gasteiger partial charge in [0.05, 0.1) is 0 Å². The predicted octanol–water partition coefficient (Wildman–Crippen LogP) is 4.93. The van der Waals surface area contributed by atoms with Gasteiger partial charge in [-0.2, -0.15) is 0 Å². The van der Waals surface area contributed by atoms with Gasteiger partial charge in [0, 0.05) is 23.2 Å². The van der Waals surface area contributed by atoms with Crippen molar-refractivity contribution in [2.24, 2.45) is 0 Å². The molecule has 116 valence electrons. The summed E-state index contributed by atoms with van der Waals surface area (Å²) in [5.74, 6) is 0. The van der Waals surface area contributed by atoms with E-state index in [4.69, 9.17) is 4.74 Å². The molecular weight excluding hydrogens is 294 g/mol. The van der Waals surface area contributed by atoms with Crippen molar-refractivity contribution in [1.29, 1.82) is 0 Å². The van der Waals surface area contributed by atoms with Crippen molar-refractivity contribution in [3.8, 4) is 0 Å². The van der Waals surface area contributed by atoms with Gasteiger partial charge in [0.2, 0.25) is 0 Å². The number of nitrogens with zero attached hydrogens (tertiary/aromatic N) is 1. The second-order valence-corrected chi connectivity index (χ2v) is 7.48. The number of rotatable bonds is 1. The van der Waals surface area contributed by atoms with E-state index in [1.807, 2.05) is 20.8 Å². The quantitative estimate of drug-likeness (QED) is 0.747. The Balaban J connectivity index is 1.81. The topological polar surface area (TPSA) is 29.5 Å². The number of hydrogen-bond donors (Lipinski definition) is 0. The molecule has 1 aliphatic heterocycles. The van der Waals surface area contributed by atoms with Gasteiger partial charge in [-0.3, -0.25) is 0 Å². The van der Waals surface area contributed by atoms with Crippen LogP contribution in [-0.2, 0) is 4.74 Å². The van der Waals surface area contributed by atoms with Gasteiger partial charge < -0.3 is 9.64 Å². The SMILES string of the molecule is CC(C)(C)OC(=O)N1CCC=C(c2csc3ccccc23)C1. The molecule has 1 amide bonds. The summed E-state index contributed by atoms with van der Waals surface area (Å²) in [5.41, 5.74) is 2.01. The Bertz CT molecular complexity index is 724. The fourth-order valence-corrected chi connectivity index (χ4v) is 3.63. The summed E-state index contributed by atoms with van der Waals surface area (Å²) in [5, 5.41) is 3.46. The van der Waals surface area contributed by atoms with Gasteiger partial charge in [-0.15, -0.1) is 11.3 Å².